The second-order valence-corrected chi connectivity index (χ2v) is 9.65. The van der Waals surface area contributed by atoms with E-state index in [1.165, 1.54) is 12.8 Å². The number of ether oxygens (including phenoxy) is 2. The molecule has 3 rings (SSSR count). The maximum absolute atomic E-state index is 12.5. The lowest BCUT2D eigenvalue weighted by Gasteiger charge is -2.44. The number of rotatable bonds is 6. The van der Waals surface area contributed by atoms with Gasteiger partial charge < -0.3 is 9.47 Å². The first-order chi connectivity index (χ1) is 12.5. The Balaban J connectivity index is 2.09. The summed E-state index contributed by atoms with van der Waals surface area (Å²) >= 11 is 0. The van der Waals surface area contributed by atoms with E-state index in [2.05, 4.69) is 46.4 Å². The Bertz CT molecular complexity index is 715. The topological polar surface area (TPSA) is 38.8 Å². The van der Waals surface area contributed by atoms with Gasteiger partial charge in [0.25, 0.3) is 0 Å². The van der Waals surface area contributed by atoms with Crippen LogP contribution in [0.25, 0.3) is 0 Å². The molecular weight excluding hydrogens is 338 g/mol. The molecule has 2 aliphatic rings. The third-order valence-electron chi connectivity index (χ3n) is 5.68. The summed E-state index contributed by atoms with van der Waals surface area (Å²) < 4.78 is 11.8. The van der Waals surface area contributed by atoms with Crippen molar-refractivity contribution in [3.8, 4) is 5.75 Å². The van der Waals surface area contributed by atoms with Gasteiger partial charge in [0.1, 0.15) is 11.4 Å². The molecule has 4 nitrogen and oxygen atoms in total. The number of benzene rings is 1. The first-order valence-electron chi connectivity index (χ1n) is 10.3. The van der Waals surface area contributed by atoms with Crippen LogP contribution in [-0.2, 0) is 16.7 Å². The van der Waals surface area contributed by atoms with Crippen LogP contribution >= 0.6 is 0 Å². The zero-order chi connectivity index (χ0) is 20.0. The molecule has 0 aromatic heterocycles. The van der Waals surface area contributed by atoms with Crippen molar-refractivity contribution in [2.24, 2.45) is 0 Å². The van der Waals surface area contributed by atoms with Crippen molar-refractivity contribution in [2.75, 3.05) is 6.61 Å². The number of carbonyl (C=O) groups is 1. The van der Waals surface area contributed by atoms with E-state index < -0.39 is 0 Å². The summed E-state index contributed by atoms with van der Waals surface area (Å²) in [6.45, 7) is 16.3. The number of fused-ring (bicyclic) bond motifs is 1. The quantitative estimate of drug-likeness (QED) is 0.652. The summed E-state index contributed by atoms with van der Waals surface area (Å²) in [5, 5.41) is 0. The smallest absolute Gasteiger partial charge is 0.338 e. The first kappa shape index (κ1) is 20.2. The fourth-order valence-corrected chi connectivity index (χ4v) is 4.57. The lowest BCUT2D eigenvalue weighted by atomic mass is 9.72. The summed E-state index contributed by atoms with van der Waals surface area (Å²) in [7, 11) is 0. The molecule has 1 aliphatic heterocycles. The Morgan fingerprint density at radius 1 is 1.26 bits per heavy atom. The number of hydrogen-bond donors (Lipinski definition) is 0. The van der Waals surface area contributed by atoms with Gasteiger partial charge in [0.15, 0.2) is 0 Å². The molecule has 0 atom stereocenters. The number of esters is 1. The minimum absolute atomic E-state index is 0.0589. The average molecular weight is 374 g/mol. The number of carbonyl (C=O) groups excluding carboxylic acids is 1. The molecule has 0 bridgehead atoms. The molecule has 150 valence electrons. The summed E-state index contributed by atoms with van der Waals surface area (Å²) in [6.07, 6.45) is 3.43. The minimum atomic E-state index is -0.246. The second-order valence-electron chi connectivity index (χ2n) is 9.65. The highest BCUT2D eigenvalue weighted by Gasteiger charge is 2.41. The number of nitrogens with zero attached hydrogens (tertiary/aromatic N) is 1. The monoisotopic (exact) mass is 373 g/mol. The Kier molecular flexibility index (Phi) is 5.33. The van der Waals surface area contributed by atoms with Crippen molar-refractivity contribution in [3.63, 3.8) is 0 Å². The van der Waals surface area contributed by atoms with Crippen LogP contribution < -0.4 is 4.74 Å². The molecule has 0 amide bonds. The normalized spacial score (nSPS) is 20.3. The van der Waals surface area contributed by atoms with Crippen molar-refractivity contribution < 1.29 is 14.3 Å². The average Bonchev–Trinajstić information content (AvgIpc) is 3.35. The molecule has 1 fully saturated rings. The maximum atomic E-state index is 12.5. The van der Waals surface area contributed by atoms with Gasteiger partial charge in [0.05, 0.1) is 12.2 Å². The van der Waals surface area contributed by atoms with Crippen LogP contribution in [0.5, 0.6) is 5.75 Å². The molecule has 1 aliphatic carbocycles. The van der Waals surface area contributed by atoms with Crippen LogP contribution in [0.15, 0.2) is 12.1 Å². The van der Waals surface area contributed by atoms with Gasteiger partial charge in [0.2, 0.25) is 0 Å². The summed E-state index contributed by atoms with van der Waals surface area (Å²) in [4.78, 5) is 15.0. The van der Waals surface area contributed by atoms with E-state index in [0.29, 0.717) is 24.3 Å². The minimum Gasteiger partial charge on any atom is -0.487 e. The first-order valence-corrected chi connectivity index (χ1v) is 10.3. The van der Waals surface area contributed by atoms with Gasteiger partial charge in [-0.2, -0.15) is 0 Å². The van der Waals surface area contributed by atoms with E-state index in [9.17, 15) is 4.79 Å². The zero-order valence-electron chi connectivity index (χ0n) is 18.0. The molecule has 0 spiro atoms. The zero-order valence-corrected chi connectivity index (χ0v) is 18.0. The van der Waals surface area contributed by atoms with Gasteiger partial charge in [-0.15, -0.1) is 0 Å². The molecule has 0 N–H and O–H groups in total. The Morgan fingerprint density at radius 2 is 1.93 bits per heavy atom. The summed E-state index contributed by atoms with van der Waals surface area (Å²) in [6, 6.07) is 5.09. The van der Waals surface area contributed by atoms with E-state index >= 15 is 0 Å². The second kappa shape index (κ2) is 7.12. The van der Waals surface area contributed by atoms with Gasteiger partial charge in [-0.1, -0.05) is 13.8 Å². The van der Waals surface area contributed by atoms with E-state index in [1.807, 2.05) is 19.1 Å². The third kappa shape index (κ3) is 4.31. The largest absolute Gasteiger partial charge is 0.487 e. The molecular formula is C23H35NO3. The molecule has 1 aromatic carbocycles. The lowest BCUT2D eigenvalue weighted by molar-refractivity contribution is 0.0492. The lowest BCUT2D eigenvalue weighted by Crippen LogP contribution is -2.42. The van der Waals surface area contributed by atoms with Crippen LogP contribution in [0.2, 0.25) is 0 Å². The summed E-state index contributed by atoms with van der Waals surface area (Å²) in [5.41, 5.74) is 2.59. The molecule has 27 heavy (non-hydrogen) atoms. The van der Waals surface area contributed by atoms with E-state index in [4.69, 9.17) is 9.47 Å². The third-order valence-corrected chi connectivity index (χ3v) is 5.68. The van der Waals surface area contributed by atoms with Gasteiger partial charge in [-0.3, -0.25) is 4.90 Å². The molecule has 0 saturated heterocycles. The van der Waals surface area contributed by atoms with E-state index in [0.717, 1.165) is 29.8 Å². The highest BCUT2D eigenvalue weighted by Crippen LogP contribution is 2.47. The molecule has 1 heterocycles. The standard InChI is InChI=1S/C23H35NO3/c1-8-26-21(25)16-11-17(13-24(15(2)3)18-9-10-18)20-19(12-16)22(4,5)14-23(6,7)27-20/h11-12,15,18H,8-10,13-14H2,1-7H3. The molecule has 4 heteroatoms. The molecule has 1 aromatic rings. The number of hydrogen-bond acceptors (Lipinski definition) is 4. The van der Waals surface area contributed by atoms with Crippen molar-refractivity contribution in [2.45, 2.75) is 97.4 Å². The van der Waals surface area contributed by atoms with Gasteiger partial charge in [-0.25, -0.2) is 4.79 Å². The van der Waals surface area contributed by atoms with Gasteiger partial charge in [-0.05, 0) is 71.4 Å². The highest BCUT2D eigenvalue weighted by atomic mass is 16.5. The van der Waals surface area contributed by atoms with Crippen LogP contribution in [-0.4, -0.2) is 35.2 Å². The van der Waals surface area contributed by atoms with Gasteiger partial charge >= 0.3 is 5.97 Å². The van der Waals surface area contributed by atoms with Crippen molar-refractivity contribution >= 4 is 5.97 Å². The maximum Gasteiger partial charge on any atom is 0.338 e. The van der Waals surface area contributed by atoms with Crippen LogP contribution in [0.1, 0.15) is 89.2 Å². The Morgan fingerprint density at radius 3 is 2.48 bits per heavy atom. The van der Waals surface area contributed by atoms with Crippen LogP contribution in [0.3, 0.4) is 0 Å². The fraction of sp³-hybridized carbons (Fsp3) is 0.696. The summed E-state index contributed by atoms with van der Waals surface area (Å²) in [5.74, 6) is 0.723. The molecule has 1 saturated carbocycles. The van der Waals surface area contributed by atoms with Gasteiger partial charge in [0, 0.05) is 29.8 Å². The predicted octanol–water partition coefficient (Wildman–Crippen LogP) is 5.07. The van der Waals surface area contributed by atoms with Crippen molar-refractivity contribution in [1.82, 2.24) is 4.90 Å². The van der Waals surface area contributed by atoms with Crippen LogP contribution in [0.4, 0.5) is 0 Å². The highest BCUT2D eigenvalue weighted by molar-refractivity contribution is 5.90. The van der Waals surface area contributed by atoms with Crippen molar-refractivity contribution in [3.05, 3.63) is 28.8 Å². The molecule has 0 unspecified atom stereocenters. The Labute approximate surface area is 164 Å². The van der Waals surface area contributed by atoms with E-state index in [-0.39, 0.29) is 17.0 Å². The predicted molar refractivity (Wildman–Crippen MR) is 108 cm³/mol. The molecule has 0 radical (unpaired) electrons. The Hall–Kier alpha value is -1.55. The van der Waals surface area contributed by atoms with E-state index in [1.54, 1.807) is 0 Å². The fourth-order valence-electron chi connectivity index (χ4n) is 4.57. The van der Waals surface area contributed by atoms with Crippen LogP contribution in [0, 0.1) is 0 Å². The van der Waals surface area contributed by atoms with Crippen molar-refractivity contribution in [1.29, 1.82) is 0 Å². The SMILES string of the molecule is CCOC(=O)c1cc(CN(C(C)C)C2CC2)c2c(c1)C(C)(C)CC(C)(C)O2.